The van der Waals surface area contributed by atoms with Crippen molar-refractivity contribution in [3.8, 4) is 5.75 Å². The van der Waals surface area contributed by atoms with Crippen LogP contribution in [0.2, 0.25) is 0 Å². The monoisotopic (exact) mass is 585 g/mol. The van der Waals surface area contributed by atoms with E-state index in [9.17, 15) is 9.59 Å². The van der Waals surface area contributed by atoms with E-state index in [1.165, 1.54) is 5.56 Å². The molecule has 2 aromatic carbocycles. The lowest BCUT2D eigenvalue weighted by atomic mass is 10.2. The summed E-state index contributed by atoms with van der Waals surface area (Å²) in [5.41, 5.74) is 5.52. The highest BCUT2D eigenvalue weighted by Crippen LogP contribution is 2.24. The van der Waals surface area contributed by atoms with Crippen molar-refractivity contribution in [2.24, 2.45) is 0 Å². The van der Waals surface area contributed by atoms with Crippen molar-refractivity contribution in [2.45, 2.75) is 20.3 Å². The van der Waals surface area contributed by atoms with Crippen molar-refractivity contribution in [2.75, 3.05) is 68.0 Å². The first-order valence-electron chi connectivity index (χ1n) is 14.7. The van der Waals surface area contributed by atoms with E-state index < -0.39 is 6.09 Å². The number of piperazine rings is 1. The summed E-state index contributed by atoms with van der Waals surface area (Å²) in [4.78, 5) is 33.9. The number of imidazole rings is 1. The van der Waals surface area contributed by atoms with Crippen LogP contribution in [0.1, 0.15) is 18.2 Å². The Kier molecular flexibility index (Phi) is 9.96. The zero-order valence-corrected chi connectivity index (χ0v) is 24.7. The number of nitrogens with one attached hydrogen (secondary N) is 3. The number of urea groups is 1. The predicted molar refractivity (Wildman–Crippen MR) is 168 cm³/mol. The topological polar surface area (TPSA) is 112 Å². The largest absolute Gasteiger partial charge is 0.492 e. The summed E-state index contributed by atoms with van der Waals surface area (Å²) in [6.07, 6.45) is 4.05. The maximum Gasteiger partial charge on any atom is 0.411 e. The van der Waals surface area contributed by atoms with E-state index in [-0.39, 0.29) is 6.03 Å². The van der Waals surface area contributed by atoms with E-state index in [2.05, 4.69) is 36.8 Å². The third-order valence-corrected chi connectivity index (χ3v) is 7.32. The number of nitrogens with zero attached hydrogens (tertiary/aromatic N) is 4. The zero-order chi connectivity index (χ0) is 30.0. The normalized spacial score (nSPS) is 13.5. The molecule has 0 saturated carbocycles. The minimum atomic E-state index is -0.496. The molecule has 43 heavy (non-hydrogen) atoms. The molecule has 1 saturated heterocycles. The smallest absolute Gasteiger partial charge is 0.411 e. The average Bonchev–Trinajstić information content (AvgIpc) is 3.40. The fraction of sp³-hybridized carbons (Fsp3) is 0.344. The molecule has 226 valence electrons. The number of amides is 3. The van der Waals surface area contributed by atoms with E-state index >= 15 is 0 Å². The summed E-state index contributed by atoms with van der Waals surface area (Å²) in [5, 5.41) is 8.65. The quantitative estimate of drug-likeness (QED) is 0.232. The van der Waals surface area contributed by atoms with Crippen LogP contribution in [0.3, 0.4) is 0 Å². The number of carbonyl (C=O) groups excluding carboxylic acids is 2. The van der Waals surface area contributed by atoms with Gasteiger partial charge in [0.1, 0.15) is 18.0 Å². The van der Waals surface area contributed by atoms with Crippen LogP contribution in [0.25, 0.3) is 5.65 Å². The molecule has 1 aliphatic rings. The number of fused-ring (bicyclic) bond motifs is 1. The van der Waals surface area contributed by atoms with Gasteiger partial charge in [0.2, 0.25) is 0 Å². The van der Waals surface area contributed by atoms with Crippen molar-refractivity contribution in [1.29, 1.82) is 0 Å². The SMILES string of the molecule is CCOc1ccccc1NC(=O)OCCN1CCN(c2cccc(NC(=O)NCCc3cnc4cc(C)ccn34)c2)CC1. The van der Waals surface area contributed by atoms with E-state index in [1.807, 2.05) is 79.2 Å². The van der Waals surface area contributed by atoms with Crippen molar-refractivity contribution >= 4 is 34.8 Å². The van der Waals surface area contributed by atoms with Gasteiger partial charge in [-0.15, -0.1) is 0 Å². The van der Waals surface area contributed by atoms with Gasteiger partial charge in [-0.1, -0.05) is 18.2 Å². The number of anilines is 3. The summed E-state index contributed by atoms with van der Waals surface area (Å²) in [7, 11) is 0. The summed E-state index contributed by atoms with van der Waals surface area (Å²) in [6, 6.07) is 19.0. The zero-order valence-electron chi connectivity index (χ0n) is 24.7. The molecule has 1 fully saturated rings. The molecule has 0 aliphatic carbocycles. The van der Waals surface area contributed by atoms with Gasteiger partial charge < -0.3 is 29.4 Å². The van der Waals surface area contributed by atoms with Gasteiger partial charge in [0.15, 0.2) is 0 Å². The van der Waals surface area contributed by atoms with Crippen LogP contribution < -0.4 is 25.6 Å². The van der Waals surface area contributed by atoms with E-state index in [4.69, 9.17) is 9.47 Å². The molecule has 3 N–H and O–H groups in total. The predicted octanol–water partition coefficient (Wildman–Crippen LogP) is 4.78. The maximum atomic E-state index is 12.6. The summed E-state index contributed by atoms with van der Waals surface area (Å²) < 4.78 is 13.0. The highest BCUT2D eigenvalue weighted by molar-refractivity contribution is 5.90. The molecule has 0 unspecified atom stereocenters. The maximum absolute atomic E-state index is 12.6. The number of hydrogen-bond acceptors (Lipinski definition) is 7. The van der Waals surface area contributed by atoms with Crippen LogP contribution in [-0.2, 0) is 11.2 Å². The minimum absolute atomic E-state index is 0.239. The van der Waals surface area contributed by atoms with Crippen LogP contribution in [0, 0.1) is 6.92 Å². The molecule has 4 aromatic rings. The highest BCUT2D eigenvalue weighted by atomic mass is 16.5. The van der Waals surface area contributed by atoms with E-state index in [0.29, 0.717) is 44.2 Å². The van der Waals surface area contributed by atoms with Gasteiger partial charge in [0.25, 0.3) is 0 Å². The number of rotatable bonds is 11. The first-order chi connectivity index (χ1) is 21.0. The third kappa shape index (κ3) is 8.16. The Hall–Kier alpha value is -4.77. The minimum Gasteiger partial charge on any atom is -0.492 e. The summed E-state index contributed by atoms with van der Waals surface area (Å²) in [5.74, 6) is 0.618. The number of ether oxygens (including phenoxy) is 2. The van der Waals surface area contributed by atoms with E-state index in [0.717, 1.165) is 48.9 Å². The Morgan fingerprint density at radius 1 is 0.977 bits per heavy atom. The second-order valence-electron chi connectivity index (χ2n) is 10.4. The molecule has 0 bridgehead atoms. The molecule has 0 radical (unpaired) electrons. The van der Waals surface area contributed by atoms with Gasteiger partial charge in [0.05, 0.1) is 12.3 Å². The van der Waals surface area contributed by atoms with Crippen molar-refractivity contribution in [3.63, 3.8) is 0 Å². The summed E-state index contributed by atoms with van der Waals surface area (Å²) in [6.45, 7) is 9.28. The van der Waals surface area contributed by atoms with Gasteiger partial charge >= 0.3 is 12.1 Å². The molecule has 11 nitrogen and oxygen atoms in total. The van der Waals surface area contributed by atoms with Crippen molar-refractivity contribution in [1.82, 2.24) is 19.6 Å². The molecule has 3 heterocycles. The van der Waals surface area contributed by atoms with Gasteiger partial charge in [-0.2, -0.15) is 0 Å². The number of aryl methyl sites for hydroxylation is 1. The lowest BCUT2D eigenvalue weighted by Gasteiger charge is -2.36. The number of aromatic nitrogens is 2. The fourth-order valence-corrected chi connectivity index (χ4v) is 5.07. The molecular weight excluding hydrogens is 546 g/mol. The van der Waals surface area contributed by atoms with Crippen LogP contribution in [0.15, 0.2) is 73.1 Å². The number of para-hydroxylation sites is 2. The fourth-order valence-electron chi connectivity index (χ4n) is 5.07. The lowest BCUT2D eigenvalue weighted by Crippen LogP contribution is -2.47. The molecule has 0 atom stereocenters. The van der Waals surface area contributed by atoms with Crippen LogP contribution in [-0.4, -0.2) is 78.9 Å². The van der Waals surface area contributed by atoms with Crippen LogP contribution in [0.5, 0.6) is 5.75 Å². The van der Waals surface area contributed by atoms with Gasteiger partial charge in [0, 0.05) is 75.2 Å². The third-order valence-electron chi connectivity index (χ3n) is 7.32. The molecule has 5 rings (SSSR count). The molecule has 3 amide bonds. The van der Waals surface area contributed by atoms with Crippen molar-refractivity contribution < 1.29 is 19.1 Å². The van der Waals surface area contributed by atoms with Crippen LogP contribution >= 0.6 is 0 Å². The average molecular weight is 586 g/mol. The highest BCUT2D eigenvalue weighted by Gasteiger charge is 2.18. The molecule has 11 heteroatoms. The Morgan fingerprint density at radius 3 is 2.65 bits per heavy atom. The number of carbonyl (C=O) groups is 2. The summed E-state index contributed by atoms with van der Waals surface area (Å²) >= 11 is 0. The molecular formula is C32H39N7O4. The number of benzene rings is 2. The Balaban J connectivity index is 1.01. The first kappa shape index (κ1) is 29.7. The lowest BCUT2D eigenvalue weighted by molar-refractivity contribution is 0.137. The molecule has 0 spiro atoms. The molecule has 2 aromatic heterocycles. The van der Waals surface area contributed by atoms with Gasteiger partial charge in [-0.25, -0.2) is 14.6 Å². The Bertz CT molecular complexity index is 1530. The Labute approximate surface area is 251 Å². The van der Waals surface area contributed by atoms with E-state index in [1.54, 1.807) is 6.07 Å². The second-order valence-corrected chi connectivity index (χ2v) is 10.4. The number of hydrogen-bond donors (Lipinski definition) is 3. The second kappa shape index (κ2) is 14.4. The molecule has 1 aliphatic heterocycles. The van der Waals surface area contributed by atoms with Gasteiger partial charge in [-0.3, -0.25) is 10.2 Å². The number of pyridine rings is 1. The Morgan fingerprint density at radius 2 is 1.81 bits per heavy atom. The van der Waals surface area contributed by atoms with Crippen molar-refractivity contribution in [3.05, 3.63) is 84.3 Å². The van der Waals surface area contributed by atoms with Gasteiger partial charge in [-0.05, 0) is 61.9 Å². The first-order valence-corrected chi connectivity index (χ1v) is 14.7. The van der Waals surface area contributed by atoms with Crippen LogP contribution in [0.4, 0.5) is 26.7 Å². The standard InChI is InChI=1S/C32H39N7O4/c1-3-42-29-10-5-4-9-28(29)36-32(41)43-20-19-37-15-17-38(18-16-37)26-8-6-7-25(22-26)35-31(40)33-13-11-27-23-34-30-21-24(2)12-14-39(27)30/h4-10,12,14,21-23H,3,11,13,15-20H2,1-2H3,(H,36,41)(H2,33,35,40).